The summed E-state index contributed by atoms with van der Waals surface area (Å²) in [6.45, 7) is 3.86. The van der Waals surface area contributed by atoms with Crippen molar-refractivity contribution in [1.29, 1.82) is 0 Å². The highest BCUT2D eigenvalue weighted by Crippen LogP contribution is 2.26. The first kappa shape index (κ1) is 24.8. The molecule has 0 aromatic heterocycles. The molecule has 0 heterocycles. The van der Waals surface area contributed by atoms with Crippen LogP contribution in [0.5, 0.6) is 11.5 Å². The minimum absolute atomic E-state index is 0.000180. The van der Waals surface area contributed by atoms with E-state index >= 15 is 0 Å². The topological polar surface area (TPSA) is 105 Å². The van der Waals surface area contributed by atoms with Gasteiger partial charge in [0.15, 0.2) is 0 Å². The van der Waals surface area contributed by atoms with E-state index in [9.17, 15) is 19.6 Å². The van der Waals surface area contributed by atoms with Crippen LogP contribution in [0.4, 0.5) is 0 Å². The number of carboxylic acid groups (broad SMARTS) is 1. The second-order valence-corrected chi connectivity index (χ2v) is 7.99. The van der Waals surface area contributed by atoms with Crippen molar-refractivity contribution in [3.8, 4) is 11.5 Å². The number of ether oxygens (including phenoxy) is 2. The quantitative estimate of drug-likeness (QED) is 0.488. The Balaban J connectivity index is 2.19. The number of aliphatic carboxylic acids is 1. The highest BCUT2D eigenvalue weighted by molar-refractivity contribution is 5.86. The van der Waals surface area contributed by atoms with Crippen molar-refractivity contribution in [3.05, 3.63) is 64.6 Å². The van der Waals surface area contributed by atoms with E-state index in [1.54, 1.807) is 18.2 Å². The summed E-state index contributed by atoms with van der Waals surface area (Å²) < 4.78 is 11.2. The number of carbonyl (C=O) groups is 2. The number of rotatable bonds is 12. The lowest BCUT2D eigenvalue weighted by Gasteiger charge is -2.19. The van der Waals surface area contributed by atoms with Gasteiger partial charge in [-0.25, -0.2) is 4.79 Å². The molecule has 32 heavy (non-hydrogen) atoms. The van der Waals surface area contributed by atoms with Gasteiger partial charge in [0.05, 0.1) is 14.2 Å². The van der Waals surface area contributed by atoms with Crippen LogP contribution >= 0.6 is 0 Å². The van der Waals surface area contributed by atoms with E-state index in [2.05, 4.69) is 5.32 Å². The number of nitrogens with zero attached hydrogens (tertiary/aromatic N) is 1. The molecule has 2 aromatic carbocycles. The summed E-state index contributed by atoms with van der Waals surface area (Å²) in [6.07, 6.45) is 0.306. The molecule has 172 valence electrons. The Labute approximate surface area is 188 Å². The molecule has 8 heteroatoms. The molecule has 1 amide bonds. The number of amides is 1. The van der Waals surface area contributed by atoms with Crippen molar-refractivity contribution < 1.29 is 28.9 Å². The van der Waals surface area contributed by atoms with Gasteiger partial charge in [-0.3, -0.25) is 4.79 Å². The van der Waals surface area contributed by atoms with E-state index in [1.165, 1.54) is 14.2 Å². The summed E-state index contributed by atoms with van der Waals surface area (Å²) in [5.41, 5.74) is 1.38. The summed E-state index contributed by atoms with van der Waals surface area (Å²) in [6, 6.07) is 11.9. The molecule has 0 spiro atoms. The Bertz CT molecular complexity index is 929. The van der Waals surface area contributed by atoms with Crippen LogP contribution in [0.15, 0.2) is 48.5 Å². The van der Waals surface area contributed by atoms with Gasteiger partial charge in [0.1, 0.15) is 17.5 Å². The zero-order valence-electron chi connectivity index (χ0n) is 18.9. The minimum atomic E-state index is -1.22. The van der Waals surface area contributed by atoms with E-state index in [4.69, 9.17) is 9.47 Å². The van der Waals surface area contributed by atoms with E-state index in [0.29, 0.717) is 23.5 Å². The standard InChI is InChI=1S/C24H30N2O6/c1-16(2)12-21(26(30)15-17-8-6-5-7-9-17)23(27)25-20(24(28)29)13-18-10-11-19(31-3)14-22(18)32-4/h5-11,14,16,20-21H,12-13,15H2,1-4H3,(H-,25,27,28,29)/p+1/t20-,21-/m0/s1. The summed E-state index contributed by atoms with van der Waals surface area (Å²) in [4.78, 5) is 37.7. The zero-order chi connectivity index (χ0) is 23.7. The van der Waals surface area contributed by atoms with E-state index in [0.717, 1.165) is 10.3 Å². The van der Waals surface area contributed by atoms with Crippen LogP contribution in [-0.2, 0) is 22.6 Å². The molecular weight excluding hydrogens is 412 g/mol. The van der Waals surface area contributed by atoms with Crippen LogP contribution < -0.4 is 14.8 Å². The van der Waals surface area contributed by atoms with Crippen LogP contribution in [0.25, 0.3) is 0 Å². The largest absolute Gasteiger partial charge is 0.497 e. The number of nitroso groups, excluding NO2 is 1. The predicted molar refractivity (Wildman–Crippen MR) is 120 cm³/mol. The molecule has 0 saturated carbocycles. The van der Waals surface area contributed by atoms with Gasteiger partial charge in [0.25, 0.3) is 11.9 Å². The first-order valence-corrected chi connectivity index (χ1v) is 10.5. The van der Waals surface area contributed by atoms with Crippen molar-refractivity contribution in [1.82, 2.24) is 5.32 Å². The van der Waals surface area contributed by atoms with Gasteiger partial charge in [-0.15, -0.1) is 0 Å². The van der Waals surface area contributed by atoms with Crippen LogP contribution in [-0.4, -0.2) is 48.0 Å². The molecule has 2 N–H and O–H groups in total. The second-order valence-electron chi connectivity index (χ2n) is 7.99. The normalized spacial score (nSPS) is 12.7. The smallest absolute Gasteiger partial charge is 0.326 e. The van der Waals surface area contributed by atoms with Crippen molar-refractivity contribution in [3.63, 3.8) is 0 Å². The Morgan fingerprint density at radius 1 is 1.06 bits per heavy atom. The number of methoxy groups -OCH3 is 2. The van der Waals surface area contributed by atoms with Crippen LogP contribution in [0.1, 0.15) is 31.4 Å². The first-order valence-electron chi connectivity index (χ1n) is 10.5. The van der Waals surface area contributed by atoms with Crippen molar-refractivity contribution in [2.45, 2.75) is 45.3 Å². The molecule has 0 bridgehead atoms. The van der Waals surface area contributed by atoms with Crippen molar-refractivity contribution in [2.24, 2.45) is 5.92 Å². The van der Waals surface area contributed by atoms with Crippen LogP contribution in [0, 0.1) is 10.8 Å². The van der Waals surface area contributed by atoms with Gasteiger partial charge < -0.3 is 19.9 Å². The Kier molecular flexibility index (Phi) is 9.19. The number of nitrogens with one attached hydrogen (secondary N) is 1. The number of benzene rings is 2. The number of carbonyl (C=O) groups excluding carboxylic acids is 1. The molecule has 0 fully saturated rings. The third-order valence-electron chi connectivity index (χ3n) is 5.06. The van der Waals surface area contributed by atoms with Gasteiger partial charge in [-0.2, -0.15) is 0 Å². The molecule has 0 radical (unpaired) electrons. The highest BCUT2D eigenvalue weighted by atomic mass is 16.5. The fraction of sp³-hybridized carbons (Fsp3) is 0.417. The Morgan fingerprint density at radius 3 is 2.31 bits per heavy atom. The number of carboxylic acids is 1. The molecule has 2 rings (SSSR count). The number of hydrogen-bond acceptors (Lipinski definition) is 5. The minimum Gasteiger partial charge on any atom is -0.497 e. The molecule has 0 saturated heterocycles. The summed E-state index contributed by atoms with van der Waals surface area (Å²) >= 11 is 0. The average molecular weight is 444 g/mol. The average Bonchev–Trinajstić information content (AvgIpc) is 2.77. The van der Waals surface area contributed by atoms with Gasteiger partial charge >= 0.3 is 5.97 Å². The van der Waals surface area contributed by atoms with Gasteiger partial charge in [0.2, 0.25) is 6.54 Å². The summed E-state index contributed by atoms with van der Waals surface area (Å²) in [7, 11) is 3.00. The van der Waals surface area contributed by atoms with Crippen LogP contribution in [0.2, 0.25) is 0 Å². The maximum atomic E-state index is 13.0. The Hall–Kier alpha value is -3.42. The van der Waals surface area contributed by atoms with Gasteiger partial charge in [-0.1, -0.05) is 50.2 Å². The highest BCUT2D eigenvalue weighted by Gasteiger charge is 2.36. The third kappa shape index (κ3) is 7.08. The molecule has 0 unspecified atom stereocenters. The zero-order valence-corrected chi connectivity index (χ0v) is 18.9. The second kappa shape index (κ2) is 11.8. The first-order chi connectivity index (χ1) is 15.2. The van der Waals surface area contributed by atoms with E-state index < -0.39 is 24.0 Å². The monoisotopic (exact) mass is 443 g/mol. The predicted octanol–water partition coefficient (Wildman–Crippen LogP) is 3.21. The molecule has 2 atom stereocenters. The van der Waals surface area contributed by atoms with E-state index in [-0.39, 0.29) is 18.9 Å². The van der Waals surface area contributed by atoms with E-state index in [1.807, 2.05) is 44.2 Å². The lowest BCUT2D eigenvalue weighted by Crippen LogP contribution is -2.49. The molecule has 8 nitrogen and oxygen atoms in total. The van der Waals surface area contributed by atoms with Crippen LogP contribution in [0.3, 0.4) is 0 Å². The SMILES string of the molecule is COc1ccc(C[C@H](NC(=O)[C@H](CC(C)C)[N+](=O)Cc2ccccc2)C(=O)O)c(OC)c1. The molecular formula is C24H31N2O6+. The lowest BCUT2D eigenvalue weighted by molar-refractivity contribution is -0.589. The summed E-state index contributed by atoms with van der Waals surface area (Å²) in [5, 5.41) is 12.3. The molecule has 2 aromatic rings. The fourth-order valence-corrected chi connectivity index (χ4v) is 3.38. The molecule has 0 aliphatic carbocycles. The van der Waals surface area contributed by atoms with Crippen molar-refractivity contribution in [2.75, 3.05) is 14.2 Å². The van der Waals surface area contributed by atoms with Crippen molar-refractivity contribution >= 4 is 11.9 Å². The van der Waals surface area contributed by atoms with Gasteiger partial charge in [-0.05, 0) is 17.5 Å². The molecule has 0 aliphatic rings. The molecule has 0 aliphatic heterocycles. The van der Waals surface area contributed by atoms with Gasteiger partial charge in [0, 0.05) is 34.1 Å². The maximum Gasteiger partial charge on any atom is 0.326 e. The number of hydrogen-bond donors (Lipinski definition) is 2. The fourth-order valence-electron chi connectivity index (χ4n) is 3.38. The third-order valence-corrected chi connectivity index (χ3v) is 5.06. The Morgan fingerprint density at radius 2 is 1.75 bits per heavy atom. The lowest BCUT2D eigenvalue weighted by atomic mass is 10.0. The summed E-state index contributed by atoms with van der Waals surface area (Å²) in [5.74, 6) is -0.702. The maximum absolute atomic E-state index is 13.0.